The van der Waals surface area contributed by atoms with Gasteiger partial charge in [0, 0.05) is 36.8 Å². The molecule has 1 atom stereocenters. The van der Waals surface area contributed by atoms with Crippen LogP contribution in [0.2, 0.25) is 0 Å². The maximum atomic E-state index is 13.9. The van der Waals surface area contributed by atoms with E-state index in [0.717, 1.165) is 37.9 Å². The number of ether oxygens (including phenoxy) is 1. The Balaban J connectivity index is 1.65. The highest BCUT2D eigenvalue weighted by molar-refractivity contribution is 5.78. The summed E-state index contributed by atoms with van der Waals surface area (Å²) in [7, 11) is 0. The van der Waals surface area contributed by atoms with E-state index in [4.69, 9.17) is 4.74 Å². The molecule has 0 bridgehead atoms. The Hall–Kier alpha value is -2.40. The molecule has 144 valence electrons. The van der Waals surface area contributed by atoms with Crippen LogP contribution in [-0.4, -0.2) is 30.5 Å². The summed E-state index contributed by atoms with van der Waals surface area (Å²) in [5, 5.41) is 3.41. The summed E-state index contributed by atoms with van der Waals surface area (Å²) in [6.45, 7) is 4.22. The number of nitrogens with zero attached hydrogens (tertiary/aromatic N) is 1. The second kappa shape index (κ2) is 9.51. The van der Waals surface area contributed by atoms with Crippen molar-refractivity contribution in [1.82, 2.24) is 10.2 Å². The molecule has 1 unspecified atom stereocenters. The first-order chi connectivity index (χ1) is 13.2. The molecule has 4 nitrogen and oxygen atoms in total. The molecule has 1 heterocycles. The quantitative estimate of drug-likeness (QED) is 0.762. The first-order valence-electron chi connectivity index (χ1n) is 9.65. The number of rotatable bonds is 8. The van der Waals surface area contributed by atoms with E-state index in [1.807, 2.05) is 35.2 Å². The number of halogens is 1. The lowest BCUT2D eigenvalue weighted by molar-refractivity contribution is -0.132. The summed E-state index contributed by atoms with van der Waals surface area (Å²) in [6.07, 6.45) is 2.97. The fraction of sp³-hybridized carbons (Fsp3) is 0.409. The molecule has 2 aromatic carbocycles. The molecule has 1 aliphatic heterocycles. The van der Waals surface area contributed by atoms with E-state index in [1.54, 1.807) is 12.1 Å². The van der Waals surface area contributed by atoms with E-state index < -0.39 is 0 Å². The second-order valence-corrected chi connectivity index (χ2v) is 6.85. The van der Waals surface area contributed by atoms with Crippen molar-refractivity contribution in [2.75, 3.05) is 19.7 Å². The summed E-state index contributed by atoms with van der Waals surface area (Å²) in [6, 6.07) is 14.5. The molecule has 1 amide bonds. The van der Waals surface area contributed by atoms with Gasteiger partial charge in [-0.05, 0) is 31.4 Å². The highest BCUT2D eigenvalue weighted by atomic mass is 19.1. The molecule has 0 radical (unpaired) electrons. The van der Waals surface area contributed by atoms with Gasteiger partial charge in [-0.15, -0.1) is 0 Å². The van der Waals surface area contributed by atoms with Crippen LogP contribution in [0.4, 0.5) is 4.39 Å². The predicted molar refractivity (Wildman–Crippen MR) is 104 cm³/mol. The Morgan fingerprint density at radius 3 is 2.59 bits per heavy atom. The van der Waals surface area contributed by atoms with Crippen molar-refractivity contribution in [2.24, 2.45) is 0 Å². The van der Waals surface area contributed by atoms with Crippen molar-refractivity contribution >= 4 is 5.91 Å². The third kappa shape index (κ3) is 5.07. The topological polar surface area (TPSA) is 41.6 Å². The van der Waals surface area contributed by atoms with Crippen molar-refractivity contribution in [3.05, 3.63) is 65.5 Å². The maximum absolute atomic E-state index is 13.9. The molecule has 0 spiro atoms. The van der Waals surface area contributed by atoms with Crippen LogP contribution in [0, 0.1) is 5.82 Å². The highest BCUT2D eigenvalue weighted by Gasteiger charge is 2.20. The van der Waals surface area contributed by atoms with Crippen LogP contribution < -0.4 is 10.1 Å². The van der Waals surface area contributed by atoms with Crippen molar-refractivity contribution in [2.45, 2.75) is 38.8 Å². The summed E-state index contributed by atoms with van der Waals surface area (Å²) in [5.41, 5.74) is 1.63. The predicted octanol–water partition coefficient (Wildman–Crippen LogP) is 4.07. The Bertz CT molecular complexity index is 759. The number of likely N-dealkylation sites (tertiary alicyclic amines) is 1. The van der Waals surface area contributed by atoms with Crippen LogP contribution >= 0.6 is 0 Å². The SMILES string of the molecule is CCC(NCc1ccccc1F)c1ccccc1OCC(=O)N1CCCC1. The van der Waals surface area contributed by atoms with Crippen LogP contribution in [0.25, 0.3) is 0 Å². The molecule has 3 rings (SSSR count). The van der Waals surface area contributed by atoms with Gasteiger partial charge in [-0.3, -0.25) is 4.79 Å². The van der Waals surface area contributed by atoms with Crippen LogP contribution in [-0.2, 0) is 11.3 Å². The van der Waals surface area contributed by atoms with Gasteiger partial charge in [-0.2, -0.15) is 0 Å². The number of carbonyl (C=O) groups excluding carboxylic acids is 1. The second-order valence-electron chi connectivity index (χ2n) is 6.85. The van der Waals surface area contributed by atoms with Gasteiger partial charge in [-0.25, -0.2) is 4.39 Å². The Morgan fingerprint density at radius 1 is 1.15 bits per heavy atom. The van der Waals surface area contributed by atoms with E-state index in [0.29, 0.717) is 17.9 Å². The zero-order valence-electron chi connectivity index (χ0n) is 15.8. The zero-order chi connectivity index (χ0) is 19.1. The van der Waals surface area contributed by atoms with Gasteiger partial charge < -0.3 is 15.0 Å². The molecule has 1 fully saturated rings. The average Bonchev–Trinajstić information content (AvgIpc) is 3.23. The molecule has 2 aromatic rings. The van der Waals surface area contributed by atoms with Gasteiger partial charge in [0.25, 0.3) is 5.91 Å². The molecular formula is C22H27FN2O2. The van der Waals surface area contributed by atoms with Crippen molar-refractivity contribution in [1.29, 1.82) is 0 Å². The highest BCUT2D eigenvalue weighted by Crippen LogP contribution is 2.28. The first kappa shape index (κ1) is 19.4. The van der Waals surface area contributed by atoms with Gasteiger partial charge in [0.2, 0.25) is 0 Å². The number of hydrogen-bond acceptors (Lipinski definition) is 3. The lowest BCUT2D eigenvalue weighted by atomic mass is 10.0. The van der Waals surface area contributed by atoms with Gasteiger partial charge in [0.1, 0.15) is 11.6 Å². The summed E-state index contributed by atoms with van der Waals surface area (Å²) in [5.74, 6) is 0.535. The Morgan fingerprint density at radius 2 is 1.85 bits per heavy atom. The molecule has 1 aliphatic rings. The van der Waals surface area contributed by atoms with Gasteiger partial charge >= 0.3 is 0 Å². The molecular weight excluding hydrogens is 343 g/mol. The summed E-state index contributed by atoms with van der Waals surface area (Å²) < 4.78 is 19.7. The zero-order valence-corrected chi connectivity index (χ0v) is 15.8. The van der Waals surface area contributed by atoms with E-state index in [-0.39, 0.29) is 24.4 Å². The maximum Gasteiger partial charge on any atom is 0.260 e. The number of amides is 1. The number of para-hydroxylation sites is 1. The standard InChI is InChI=1S/C22H27FN2O2/c1-2-20(24-15-17-9-3-5-11-19(17)23)18-10-4-6-12-21(18)27-16-22(26)25-13-7-8-14-25/h3-6,9-12,20,24H,2,7-8,13-16H2,1H3. The average molecular weight is 370 g/mol. The van der Waals surface area contributed by atoms with Crippen LogP contribution in [0.5, 0.6) is 5.75 Å². The molecule has 0 aromatic heterocycles. The third-order valence-electron chi connectivity index (χ3n) is 5.01. The summed E-state index contributed by atoms with van der Waals surface area (Å²) >= 11 is 0. The van der Waals surface area contributed by atoms with Crippen LogP contribution in [0.1, 0.15) is 43.4 Å². The van der Waals surface area contributed by atoms with Gasteiger partial charge in [-0.1, -0.05) is 43.3 Å². The number of nitrogens with one attached hydrogen (secondary N) is 1. The minimum Gasteiger partial charge on any atom is -0.483 e. The Kier molecular flexibility index (Phi) is 6.82. The van der Waals surface area contributed by atoms with Gasteiger partial charge in [0.15, 0.2) is 6.61 Å². The molecule has 5 heteroatoms. The largest absolute Gasteiger partial charge is 0.483 e. The van der Waals surface area contributed by atoms with Crippen LogP contribution in [0.15, 0.2) is 48.5 Å². The fourth-order valence-electron chi connectivity index (χ4n) is 3.45. The lowest BCUT2D eigenvalue weighted by Gasteiger charge is -2.22. The van der Waals surface area contributed by atoms with E-state index in [1.165, 1.54) is 6.07 Å². The van der Waals surface area contributed by atoms with Crippen molar-refractivity contribution in [3.63, 3.8) is 0 Å². The van der Waals surface area contributed by atoms with E-state index in [9.17, 15) is 9.18 Å². The monoisotopic (exact) mass is 370 g/mol. The molecule has 0 saturated carbocycles. The molecule has 27 heavy (non-hydrogen) atoms. The minimum absolute atomic E-state index is 0.0164. The molecule has 1 N–H and O–H groups in total. The van der Waals surface area contributed by atoms with Crippen LogP contribution in [0.3, 0.4) is 0 Å². The van der Waals surface area contributed by atoms with Gasteiger partial charge in [0.05, 0.1) is 0 Å². The van der Waals surface area contributed by atoms with E-state index in [2.05, 4.69) is 12.2 Å². The Labute approximate surface area is 160 Å². The lowest BCUT2D eigenvalue weighted by Crippen LogP contribution is -2.32. The van der Waals surface area contributed by atoms with E-state index >= 15 is 0 Å². The van der Waals surface area contributed by atoms with Crippen molar-refractivity contribution in [3.8, 4) is 5.75 Å². The van der Waals surface area contributed by atoms with Crippen molar-refractivity contribution < 1.29 is 13.9 Å². The number of benzene rings is 2. The first-order valence-corrected chi connectivity index (χ1v) is 9.65. The minimum atomic E-state index is -0.208. The third-order valence-corrected chi connectivity index (χ3v) is 5.01. The summed E-state index contributed by atoms with van der Waals surface area (Å²) in [4.78, 5) is 14.1. The smallest absolute Gasteiger partial charge is 0.260 e. The number of hydrogen-bond donors (Lipinski definition) is 1. The fourth-order valence-corrected chi connectivity index (χ4v) is 3.45. The number of carbonyl (C=O) groups is 1. The molecule has 1 saturated heterocycles. The molecule has 0 aliphatic carbocycles. The normalized spacial score (nSPS) is 15.0.